The number of hydrogen-bond acceptors (Lipinski definition) is 7. The highest BCUT2D eigenvalue weighted by atomic mass is 16.6. The maximum absolute atomic E-state index is 10.6. The minimum Gasteiger partial charge on any atom is -0.391 e. The number of rotatable bonds is 4. The van der Waals surface area contributed by atoms with Gasteiger partial charge in [0.05, 0.1) is 28.1 Å². The van der Waals surface area contributed by atoms with Gasteiger partial charge in [-0.15, -0.1) is 4.91 Å². The molecule has 9 nitrogen and oxygen atoms in total. The molecule has 0 heterocycles. The van der Waals surface area contributed by atoms with Crippen molar-refractivity contribution in [3.8, 4) is 0 Å². The number of hydrogen-bond donors (Lipinski definition) is 1. The lowest BCUT2D eigenvalue weighted by atomic mass is 10.1. The van der Waals surface area contributed by atoms with Crippen LogP contribution in [0.3, 0.4) is 0 Å². The lowest BCUT2D eigenvalue weighted by Gasteiger charge is -2.01. The topological polar surface area (TPSA) is 136 Å². The van der Waals surface area contributed by atoms with Crippen molar-refractivity contribution in [2.45, 2.75) is 6.61 Å². The Morgan fingerprint density at radius 3 is 2.25 bits per heavy atom. The highest BCUT2D eigenvalue weighted by Gasteiger charge is 2.23. The van der Waals surface area contributed by atoms with Crippen molar-refractivity contribution in [1.82, 2.24) is 0 Å². The molecule has 1 aromatic carbocycles. The SMILES string of the molecule is O=Nc1cc([N+](=O)[O-])cc([N+](=O)[O-])c1CO. The molecule has 0 radical (unpaired) electrons. The molecule has 16 heavy (non-hydrogen) atoms. The van der Waals surface area contributed by atoms with Crippen LogP contribution in [0.1, 0.15) is 5.56 Å². The first-order valence-electron chi connectivity index (χ1n) is 3.91. The summed E-state index contributed by atoms with van der Waals surface area (Å²) in [5.41, 5.74) is -2.18. The van der Waals surface area contributed by atoms with Gasteiger partial charge in [0.1, 0.15) is 5.69 Å². The molecule has 0 aliphatic heterocycles. The van der Waals surface area contributed by atoms with Gasteiger partial charge < -0.3 is 5.11 Å². The summed E-state index contributed by atoms with van der Waals surface area (Å²) in [7, 11) is 0. The van der Waals surface area contributed by atoms with E-state index in [0.29, 0.717) is 6.07 Å². The largest absolute Gasteiger partial charge is 0.391 e. The Kier molecular flexibility index (Phi) is 3.20. The van der Waals surface area contributed by atoms with Gasteiger partial charge in [0.2, 0.25) is 0 Å². The predicted molar refractivity (Wildman–Crippen MR) is 51.1 cm³/mol. The minimum atomic E-state index is -0.923. The zero-order valence-corrected chi connectivity index (χ0v) is 7.69. The summed E-state index contributed by atoms with van der Waals surface area (Å²) in [6, 6.07) is 1.44. The van der Waals surface area contributed by atoms with Gasteiger partial charge in [-0.25, -0.2) is 0 Å². The van der Waals surface area contributed by atoms with Gasteiger partial charge in [-0.05, 0) is 5.18 Å². The fourth-order valence-corrected chi connectivity index (χ4v) is 1.14. The van der Waals surface area contributed by atoms with Gasteiger partial charge in [-0.1, -0.05) is 0 Å². The highest BCUT2D eigenvalue weighted by molar-refractivity contribution is 5.63. The molecule has 0 atom stereocenters. The van der Waals surface area contributed by atoms with Crippen molar-refractivity contribution in [3.63, 3.8) is 0 Å². The van der Waals surface area contributed by atoms with E-state index in [0.717, 1.165) is 6.07 Å². The molecular weight excluding hydrogens is 222 g/mol. The molecular formula is C7H5N3O6. The molecule has 0 bridgehead atoms. The summed E-state index contributed by atoms with van der Waals surface area (Å²) in [5, 5.41) is 32.2. The average molecular weight is 227 g/mol. The molecule has 0 fully saturated rings. The van der Waals surface area contributed by atoms with E-state index in [1.165, 1.54) is 0 Å². The molecule has 0 amide bonds. The van der Waals surface area contributed by atoms with E-state index in [1.807, 2.05) is 0 Å². The molecule has 0 saturated heterocycles. The van der Waals surface area contributed by atoms with Crippen LogP contribution in [0.5, 0.6) is 0 Å². The number of aliphatic hydroxyl groups excluding tert-OH is 1. The zero-order valence-electron chi connectivity index (χ0n) is 7.69. The van der Waals surface area contributed by atoms with Crippen LogP contribution in [0.15, 0.2) is 17.3 Å². The monoisotopic (exact) mass is 227 g/mol. The number of nitro benzene ring substituents is 2. The van der Waals surface area contributed by atoms with Crippen LogP contribution in [0.2, 0.25) is 0 Å². The summed E-state index contributed by atoms with van der Waals surface area (Å²) < 4.78 is 0. The summed E-state index contributed by atoms with van der Waals surface area (Å²) in [4.78, 5) is 29.5. The Bertz CT molecular complexity index is 471. The molecule has 0 aliphatic carbocycles. The Morgan fingerprint density at radius 2 is 1.88 bits per heavy atom. The standard InChI is InChI=1S/C7H5N3O6/c11-3-5-6(8-12)1-4(9(13)14)2-7(5)10(15)16/h1-2,11H,3H2. The van der Waals surface area contributed by atoms with Gasteiger partial charge in [0.25, 0.3) is 11.4 Å². The van der Waals surface area contributed by atoms with Crippen molar-refractivity contribution < 1.29 is 15.0 Å². The number of nitro groups is 2. The lowest BCUT2D eigenvalue weighted by Crippen LogP contribution is -1.98. The van der Waals surface area contributed by atoms with Crippen LogP contribution in [-0.2, 0) is 6.61 Å². The van der Waals surface area contributed by atoms with Crippen LogP contribution in [0.4, 0.5) is 17.1 Å². The Hall–Kier alpha value is -2.42. The third kappa shape index (κ3) is 1.98. The van der Waals surface area contributed by atoms with Crippen LogP contribution >= 0.6 is 0 Å². The van der Waals surface area contributed by atoms with Crippen LogP contribution < -0.4 is 0 Å². The maximum Gasteiger partial charge on any atom is 0.284 e. The van der Waals surface area contributed by atoms with Gasteiger partial charge in [0, 0.05) is 6.07 Å². The molecule has 84 valence electrons. The first kappa shape index (κ1) is 11.7. The number of nitrogens with zero attached hydrogens (tertiary/aromatic N) is 3. The number of aliphatic hydroxyl groups is 1. The first-order chi connectivity index (χ1) is 7.51. The minimum absolute atomic E-state index is 0.342. The summed E-state index contributed by atoms with van der Waals surface area (Å²) >= 11 is 0. The molecule has 0 aromatic heterocycles. The summed E-state index contributed by atoms with van der Waals surface area (Å²) in [5.74, 6) is 0. The van der Waals surface area contributed by atoms with E-state index in [-0.39, 0.29) is 5.56 Å². The zero-order chi connectivity index (χ0) is 12.3. The first-order valence-corrected chi connectivity index (χ1v) is 3.91. The predicted octanol–water partition coefficient (Wildman–Crippen LogP) is 1.39. The van der Waals surface area contributed by atoms with Crippen molar-refractivity contribution in [1.29, 1.82) is 0 Å². The molecule has 0 spiro atoms. The highest BCUT2D eigenvalue weighted by Crippen LogP contribution is 2.33. The second-order valence-corrected chi connectivity index (χ2v) is 2.73. The number of benzene rings is 1. The van der Waals surface area contributed by atoms with Crippen LogP contribution in [0.25, 0.3) is 0 Å². The van der Waals surface area contributed by atoms with Crippen molar-refractivity contribution >= 4 is 17.1 Å². The van der Waals surface area contributed by atoms with Gasteiger partial charge in [-0.3, -0.25) is 20.2 Å². The second kappa shape index (κ2) is 4.40. The maximum atomic E-state index is 10.6. The third-order valence-corrected chi connectivity index (χ3v) is 1.85. The van der Waals surface area contributed by atoms with E-state index in [9.17, 15) is 25.1 Å². The summed E-state index contributed by atoms with van der Waals surface area (Å²) in [6.45, 7) is -0.796. The van der Waals surface area contributed by atoms with Gasteiger partial charge in [-0.2, -0.15) is 0 Å². The molecule has 9 heteroatoms. The number of nitroso groups, excluding NO2 is 1. The normalized spacial score (nSPS) is 9.81. The van der Waals surface area contributed by atoms with Crippen molar-refractivity contribution in [2.75, 3.05) is 0 Å². The Morgan fingerprint density at radius 1 is 1.25 bits per heavy atom. The fraction of sp³-hybridized carbons (Fsp3) is 0.143. The van der Waals surface area contributed by atoms with E-state index in [2.05, 4.69) is 5.18 Å². The summed E-state index contributed by atoms with van der Waals surface area (Å²) in [6.07, 6.45) is 0. The van der Waals surface area contributed by atoms with Crippen molar-refractivity contribution in [2.24, 2.45) is 5.18 Å². The molecule has 0 unspecified atom stereocenters. The van der Waals surface area contributed by atoms with Crippen LogP contribution in [0, 0.1) is 25.1 Å². The molecule has 1 aromatic rings. The van der Waals surface area contributed by atoms with E-state index in [4.69, 9.17) is 5.11 Å². The quantitative estimate of drug-likeness (QED) is 0.468. The second-order valence-electron chi connectivity index (χ2n) is 2.73. The third-order valence-electron chi connectivity index (χ3n) is 1.85. The Balaban J connectivity index is 3.55. The van der Waals surface area contributed by atoms with Gasteiger partial charge >= 0.3 is 0 Å². The van der Waals surface area contributed by atoms with E-state index < -0.39 is 33.5 Å². The number of non-ortho nitro benzene ring substituents is 1. The smallest absolute Gasteiger partial charge is 0.284 e. The molecule has 1 rings (SSSR count). The van der Waals surface area contributed by atoms with Gasteiger partial charge in [0.15, 0.2) is 0 Å². The lowest BCUT2D eigenvalue weighted by molar-refractivity contribution is -0.394. The molecule has 0 saturated carbocycles. The van der Waals surface area contributed by atoms with Crippen LogP contribution in [-0.4, -0.2) is 15.0 Å². The van der Waals surface area contributed by atoms with E-state index >= 15 is 0 Å². The average Bonchev–Trinajstić information content (AvgIpc) is 2.26. The molecule has 1 N–H and O–H groups in total. The van der Waals surface area contributed by atoms with E-state index in [1.54, 1.807) is 0 Å². The van der Waals surface area contributed by atoms with Crippen molar-refractivity contribution in [3.05, 3.63) is 42.8 Å². The Labute approximate surface area is 87.6 Å². The fourth-order valence-electron chi connectivity index (χ4n) is 1.14. The molecule has 0 aliphatic rings.